The molecule has 4 heteroatoms. The van der Waals surface area contributed by atoms with Crippen LogP contribution in [0.3, 0.4) is 0 Å². The minimum Gasteiger partial charge on any atom is -0.497 e. The molecule has 0 saturated carbocycles. The number of methoxy groups -OCH3 is 1. The topological polar surface area (TPSA) is 48.4 Å². The second kappa shape index (κ2) is 4.81. The van der Waals surface area contributed by atoms with Crippen LogP contribution in [0.2, 0.25) is 0 Å². The van der Waals surface area contributed by atoms with E-state index in [0.29, 0.717) is 22.8 Å². The van der Waals surface area contributed by atoms with Crippen LogP contribution in [-0.2, 0) is 0 Å². The van der Waals surface area contributed by atoms with Crippen molar-refractivity contribution in [3.63, 3.8) is 0 Å². The largest absolute Gasteiger partial charge is 0.497 e. The highest BCUT2D eigenvalue weighted by atomic mass is 16.5. The second-order valence-electron chi connectivity index (χ2n) is 4.51. The number of aromatic nitrogens is 1. The van der Waals surface area contributed by atoms with Crippen LogP contribution in [0.25, 0.3) is 0 Å². The summed E-state index contributed by atoms with van der Waals surface area (Å²) in [5, 5.41) is 0. The Morgan fingerprint density at radius 3 is 2.90 bits per heavy atom. The zero-order valence-electron chi connectivity index (χ0n) is 11.0. The standard InChI is InChI=1S/C16H13NO3/c1-10-15(11-4-3-7-17-9-11)16(18)13-8-12(19-2)5-6-14(13)20-10/h3-9,15H,1H2,2H3. The summed E-state index contributed by atoms with van der Waals surface area (Å²) in [6, 6.07) is 8.79. The number of hydrogen-bond acceptors (Lipinski definition) is 4. The summed E-state index contributed by atoms with van der Waals surface area (Å²) in [6.45, 7) is 3.86. The zero-order chi connectivity index (χ0) is 14.1. The van der Waals surface area contributed by atoms with E-state index in [1.54, 1.807) is 43.8 Å². The Labute approximate surface area is 116 Å². The molecule has 0 N–H and O–H groups in total. The third-order valence-corrected chi connectivity index (χ3v) is 3.30. The van der Waals surface area contributed by atoms with Crippen LogP contribution in [0.1, 0.15) is 21.8 Å². The lowest BCUT2D eigenvalue weighted by Gasteiger charge is -2.26. The van der Waals surface area contributed by atoms with Gasteiger partial charge in [-0.15, -0.1) is 0 Å². The number of ketones is 1. The minimum absolute atomic E-state index is 0.0526. The summed E-state index contributed by atoms with van der Waals surface area (Å²) >= 11 is 0. The van der Waals surface area contributed by atoms with E-state index in [1.807, 2.05) is 6.07 Å². The molecule has 3 rings (SSSR count). The number of rotatable bonds is 2. The van der Waals surface area contributed by atoms with Gasteiger partial charge in [0.1, 0.15) is 23.2 Å². The molecule has 0 saturated heterocycles. The number of pyridine rings is 1. The first-order valence-corrected chi connectivity index (χ1v) is 6.19. The van der Waals surface area contributed by atoms with E-state index in [9.17, 15) is 4.79 Å². The van der Waals surface area contributed by atoms with Crippen molar-refractivity contribution in [2.75, 3.05) is 7.11 Å². The van der Waals surface area contributed by atoms with Crippen LogP contribution in [0.15, 0.2) is 55.1 Å². The smallest absolute Gasteiger partial charge is 0.181 e. The van der Waals surface area contributed by atoms with E-state index in [0.717, 1.165) is 5.56 Å². The number of hydrogen-bond donors (Lipinski definition) is 0. The average Bonchev–Trinajstić information content (AvgIpc) is 2.48. The van der Waals surface area contributed by atoms with Crippen molar-refractivity contribution >= 4 is 5.78 Å². The average molecular weight is 267 g/mol. The molecule has 2 aromatic rings. The van der Waals surface area contributed by atoms with Crippen LogP contribution >= 0.6 is 0 Å². The van der Waals surface area contributed by atoms with Gasteiger partial charge in [-0.05, 0) is 29.8 Å². The molecule has 0 amide bonds. The summed E-state index contributed by atoms with van der Waals surface area (Å²) in [4.78, 5) is 16.7. The predicted octanol–water partition coefficient (Wildman–Crippen LogP) is 2.96. The number of benzene rings is 1. The summed E-state index contributed by atoms with van der Waals surface area (Å²) in [5.74, 6) is 0.978. The summed E-state index contributed by atoms with van der Waals surface area (Å²) in [7, 11) is 1.56. The molecule has 20 heavy (non-hydrogen) atoms. The Morgan fingerprint density at radius 1 is 1.35 bits per heavy atom. The van der Waals surface area contributed by atoms with Crippen molar-refractivity contribution in [2.24, 2.45) is 0 Å². The van der Waals surface area contributed by atoms with E-state index in [4.69, 9.17) is 9.47 Å². The van der Waals surface area contributed by atoms with Crippen LogP contribution in [0.4, 0.5) is 0 Å². The van der Waals surface area contributed by atoms with Gasteiger partial charge in [-0.25, -0.2) is 0 Å². The quantitative estimate of drug-likeness (QED) is 0.839. The maximum atomic E-state index is 12.7. The van der Waals surface area contributed by atoms with E-state index in [2.05, 4.69) is 11.6 Å². The third kappa shape index (κ3) is 1.95. The Morgan fingerprint density at radius 2 is 2.20 bits per heavy atom. The molecule has 0 bridgehead atoms. The molecule has 100 valence electrons. The van der Waals surface area contributed by atoms with Crippen LogP contribution in [0, 0.1) is 0 Å². The normalized spacial score (nSPS) is 17.4. The van der Waals surface area contributed by atoms with E-state index >= 15 is 0 Å². The van der Waals surface area contributed by atoms with Crippen LogP contribution in [0.5, 0.6) is 11.5 Å². The first kappa shape index (κ1) is 12.4. The van der Waals surface area contributed by atoms with Crippen molar-refractivity contribution in [3.05, 3.63) is 66.2 Å². The third-order valence-electron chi connectivity index (χ3n) is 3.30. The number of carbonyl (C=O) groups excluding carboxylic acids is 1. The SMILES string of the molecule is C=C1Oc2ccc(OC)cc2C(=O)C1c1cccnc1. The van der Waals surface area contributed by atoms with Crippen molar-refractivity contribution in [3.8, 4) is 11.5 Å². The molecular weight excluding hydrogens is 254 g/mol. The van der Waals surface area contributed by atoms with Gasteiger partial charge in [-0.1, -0.05) is 12.6 Å². The van der Waals surface area contributed by atoms with Gasteiger partial charge in [0.25, 0.3) is 0 Å². The summed E-state index contributed by atoms with van der Waals surface area (Å²) in [5.41, 5.74) is 1.28. The fourth-order valence-corrected chi connectivity index (χ4v) is 2.30. The summed E-state index contributed by atoms with van der Waals surface area (Å²) < 4.78 is 10.8. The monoisotopic (exact) mass is 267 g/mol. The molecular formula is C16H13NO3. The molecule has 0 radical (unpaired) electrons. The van der Waals surface area contributed by atoms with Gasteiger partial charge in [-0.2, -0.15) is 0 Å². The fraction of sp³-hybridized carbons (Fsp3) is 0.125. The Kier molecular flexibility index (Phi) is 2.99. The molecule has 0 spiro atoms. The molecule has 1 atom stereocenters. The van der Waals surface area contributed by atoms with Gasteiger partial charge in [-0.3, -0.25) is 9.78 Å². The minimum atomic E-state index is -0.525. The Hall–Kier alpha value is -2.62. The Bertz CT molecular complexity index is 679. The number of Topliss-reactive ketones (excluding diaryl/α,β-unsaturated/α-hetero) is 1. The number of nitrogens with zero attached hydrogens (tertiary/aromatic N) is 1. The van der Waals surface area contributed by atoms with Gasteiger partial charge in [0.2, 0.25) is 0 Å². The first-order chi connectivity index (χ1) is 9.70. The molecule has 1 aliphatic heterocycles. The van der Waals surface area contributed by atoms with E-state index in [-0.39, 0.29) is 5.78 Å². The number of carbonyl (C=O) groups is 1. The van der Waals surface area contributed by atoms with Gasteiger partial charge < -0.3 is 9.47 Å². The maximum Gasteiger partial charge on any atom is 0.181 e. The van der Waals surface area contributed by atoms with Gasteiger partial charge in [0.05, 0.1) is 12.7 Å². The van der Waals surface area contributed by atoms with Crippen molar-refractivity contribution in [1.29, 1.82) is 0 Å². The molecule has 0 fully saturated rings. The lowest BCUT2D eigenvalue weighted by atomic mass is 9.88. The molecule has 1 aromatic heterocycles. The second-order valence-corrected chi connectivity index (χ2v) is 4.51. The first-order valence-electron chi connectivity index (χ1n) is 6.19. The summed E-state index contributed by atoms with van der Waals surface area (Å²) in [6.07, 6.45) is 3.32. The fourth-order valence-electron chi connectivity index (χ4n) is 2.30. The lowest BCUT2D eigenvalue weighted by molar-refractivity contribution is 0.0937. The lowest BCUT2D eigenvalue weighted by Crippen LogP contribution is -2.23. The molecule has 4 nitrogen and oxygen atoms in total. The molecule has 1 unspecified atom stereocenters. The zero-order valence-corrected chi connectivity index (χ0v) is 11.0. The predicted molar refractivity (Wildman–Crippen MR) is 74.1 cm³/mol. The Balaban J connectivity index is 2.08. The van der Waals surface area contributed by atoms with Gasteiger partial charge in [0.15, 0.2) is 5.78 Å². The number of fused-ring (bicyclic) bond motifs is 1. The van der Waals surface area contributed by atoms with E-state index in [1.165, 1.54) is 0 Å². The van der Waals surface area contributed by atoms with Crippen molar-refractivity contribution in [1.82, 2.24) is 4.98 Å². The van der Waals surface area contributed by atoms with Gasteiger partial charge >= 0.3 is 0 Å². The maximum absolute atomic E-state index is 12.7. The van der Waals surface area contributed by atoms with Crippen LogP contribution in [-0.4, -0.2) is 17.9 Å². The van der Waals surface area contributed by atoms with Crippen LogP contribution < -0.4 is 9.47 Å². The van der Waals surface area contributed by atoms with E-state index < -0.39 is 5.92 Å². The number of allylic oxidation sites excluding steroid dienone is 1. The van der Waals surface area contributed by atoms with Crippen molar-refractivity contribution in [2.45, 2.75) is 5.92 Å². The molecule has 2 heterocycles. The number of ether oxygens (including phenoxy) is 2. The molecule has 1 aromatic carbocycles. The molecule has 0 aliphatic carbocycles. The highest BCUT2D eigenvalue weighted by Crippen LogP contribution is 2.39. The van der Waals surface area contributed by atoms with Gasteiger partial charge in [0, 0.05) is 12.4 Å². The highest BCUT2D eigenvalue weighted by molar-refractivity contribution is 6.06. The highest BCUT2D eigenvalue weighted by Gasteiger charge is 2.33. The van der Waals surface area contributed by atoms with Crippen molar-refractivity contribution < 1.29 is 14.3 Å². The molecule has 1 aliphatic rings.